The summed E-state index contributed by atoms with van der Waals surface area (Å²) in [4.78, 5) is 38.5. The van der Waals surface area contributed by atoms with E-state index in [0.717, 1.165) is 48.4 Å². The van der Waals surface area contributed by atoms with Crippen LogP contribution in [-0.2, 0) is 9.59 Å². The molecule has 1 aliphatic carbocycles. The lowest BCUT2D eigenvalue weighted by Crippen LogP contribution is -2.52. The van der Waals surface area contributed by atoms with Crippen LogP contribution in [0.2, 0.25) is 0 Å². The maximum Gasteiger partial charge on any atom is 0.333 e. The number of benzene rings is 2. The van der Waals surface area contributed by atoms with Crippen LogP contribution in [0.25, 0.3) is 39.1 Å². The number of allylic oxidation sites excluding steroid dienone is 2. The maximum atomic E-state index is 12.4. The van der Waals surface area contributed by atoms with E-state index in [1.807, 2.05) is 54.6 Å². The van der Waals surface area contributed by atoms with Crippen LogP contribution in [0.5, 0.6) is 0 Å². The Hall–Kier alpha value is -4.19. The fourth-order valence-electron chi connectivity index (χ4n) is 3.95. The van der Waals surface area contributed by atoms with Gasteiger partial charge < -0.3 is 4.42 Å². The molecule has 0 spiro atoms. The molecular formula is C25H18N2O4. The second kappa shape index (κ2) is 6.95. The van der Waals surface area contributed by atoms with E-state index >= 15 is 0 Å². The lowest BCUT2D eigenvalue weighted by atomic mass is 10.1. The summed E-state index contributed by atoms with van der Waals surface area (Å²) in [5.41, 5.74) is 2.57. The lowest BCUT2D eigenvalue weighted by Gasteiger charge is -2.28. The van der Waals surface area contributed by atoms with Gasteiger partial charge >= 0.3 is 6.03 Å². The molecule has 3 aliphatic rings. The fraction of sp³-hybridized carbons (Fsp3) is 0.0800. The molecular weight excluding hydrogens is 392 g/mol. The molecule has 6 heteroatoms. The van der Waals surface area contributed by atoms with Crippen molar-refractivity contribution in [3.63, 3.8) is 0 Å². The van der Waals surface area contributed by atoms with Crippen LogP contribution >= 0.6 is 0 Å². The zero-order valence-corrected chi connectivity index (χ0v) is 17.0. The Bertz CT molecular complexity index is 1400. The summed E-state index contributed by atoms with van der Waals surface area (Å²) in [5, 5.41) is 3.09. The first-order chi connectivity index (χ1) is 15.0. The number of para-hydroxylation sites is 1. The van der Waals surface area contributed by atoms with Crippen LogP contribution in [-0.4, -0.2) is 41.7 Å². The van der Waals surface area contributed by atoms with E-state index in [1.165, 1.54) is 20.2 Å². The van der Waals surface area contributed by atoms with Gasteiger partial charge in [-0.05, 0) is 29.0 Å². The number of amides is 4. The van der Waals surface area contributed by atoms with E-state index in [4.69, 9.17) is 4.42 Å². The Kier molecular flexibility index (Phi) is 4.22. The average molecular weight is 410 g/mol. The Balaban J connectivity index is 1.65. The molecule has 6 nitrogen and oxygen atoms in total. The highest BCUT2D eigenvalue weighted by Crippen LogP contribution is 2.42. The Morgan fingerprint density at radius 3 is 2.23 bits per heavy atom. The number of hydrogen-bond acceptors (Lipinski definition) is 4. The Morgan fingerprint density at radius 1 is 0.839 bits per heavy atom. The van der Waals surface area contributed by atoms with Crippen LogP contribution in [0.1, 0.15) is 5.56 Å². The number of fused-ring (bicyclic) bond motifs is 4. The number of carbonyl (C=O) groups excluding carboxylic acids is 3. The van der Waals surface area contributed by atoms with Crippen molar-refractivity contribution in [3.05, 3.63) is 77.9 Å². The van der Waals surface area contributed by atoms with Gasteiger partial charge in [-0.3, -0.25) is 19.4 Å². The summed E-state index contributed by atoms with van der Waals surface area (Å²) in [7, 11) is 2.71. The van der Waals surface area contributed by atoms with E-state index in [0.29, 0.717) is 0 Å². The third-order valence-electron chi connectivity index (χ3n) is 5.60. The number of hydrogen-bond donors (Lipinski definition) is 0. The minimum Gasteiger partial charge on any atom is -0.455 e. The summed E-state index contributed by atoms with van der Waals surface area (Å²) in [6, 6.07) is 17.3. The smallest absolute Gasteiger partial charge is 0.333 e. The van der Waals surface area contributed by atoms with Crippen molar-refractivity contribution in [2.45, 2.75) is 0 Å². The molecule has 2 aliphatic heterocycles. The zero-order valence-electron chi connectivity index (χ0n) is 17.0. The van der Waals surface area contributed by atoms with E-state index in [-0.39, 0.29) is 5.57 Å². The number of urea groups is 1. The predicted molar refractivity (Wildman–Crippen MR) is 118 cm³/mol. The number of carbonyl (C=O) groups is 3. The van der Waals surface area contributed by atoms with E-state index < -0.39 is 17.8 Å². The molecule has 1 saturated heterocycles. The van der Waals surface area contributed by atoms with Gasteiger partial charge in [0, 0.05) is 30.6 Å². The summed E-state index contributed by atoms with van der Waals surface area (Å²) in [6.45, 7) is 0. The topological polar surface area (TPSA) is 70.8 Å². The second-order valence-electron chi connectivity index (χ2n) is 7.44. The molecule has 2 heterocycles. The monoisotopic (exact) mass is 410 g/mol. The maximum absolute atomic E-state index is 12.4. The molecule has 0 saturated carbocycles. The summed E-state index contributed by atoms with van der Waals surface area (Å²) in [6.07, 6.45) is 4.92. The van der Waals surface area contributed by atoms with Crippen molar-refractivity contribution in [2.24, 2.45) is 0 Å². The van der Waals surface area contributed by atoms with E-state index in [1.54, 1.807) is 6.08 Å². The minimum absolute atomic E-state index is 0.0663. The molecule has 5 rings (SSSR count). The quantitative estimate of drug-likeness (QED) is 0.355. The molecule has 0 atom stereocenters. The van der Waals surface area contributed by atoms with Gasteiger partial charge in [-0.2, -0.15) is 0 Å². The van der Waals surface area contributed by atoms with Gasteiger partial charge in [-0.15, -0.1) is 0 Å². The predicted octanol–water partition coefficient (Wildman–Crippen LogP) is 4.68. The fourth-order valence-corrected chi connectivity index (χ4v) is 3.95. The molecule has 0 aromatic heterocycles. The minimum atomic E-state index is -0.644. The van der Waals surface area contributed by atoms with E-state index in [2.05, 4.69) is 6.07 Å². The van der Waals surface area contributed by atoms with Gasteiger partial charge in [0.15, 0.2) is 0 Å². The molecule has 152 valence electrons. The molecule has 2 aromatic rings. The summed E-state index contributed by atoms with van der Waals surface area (Å²) >= 11 is 0. The SMILES string of the molecule is CN1C(=O)C(=C/C=C/c2c3oc4ccccc4cc-3c3ccccc23)C(=O)N(C)C1=O. The highest BCUT2D eigenvalue weighted by Gasteiger charge is 2.37. The van der Waals surface area contributed by atoms with Crippen molar-refractivity contribution in [1.82, 2.24) is 9.80 Å². The lowest BCUT2D eigenvalue weighted by molar-refractivity contribution is -0.134. The molecule has 0 bridgehead atoms. The first kappa shape index (κ1) is 18.8. The average Bonchev–Trinajstić information content (AvgIpc) is 3.10. The Labute approximate surface area is 178 Å². The van der Waals surface area contributed by atoms with Crippen LogP contribution in [0, 0.1) is 0 Å². The molecule has 4 amide bonds. The van der Waals surface area contributed by atoms with Crippen LogP contribution < -0.4 is 0 Å². The van der Waals surface area contributed by atoms with Crippen LogP contribution in [0.15, 0.2) is 76.7 Å². The second-order valence-corrected chi connectivity index (χ2v) is 7.44. The number of rotatable bonds is 2. The molecule has 0 unspecified atom stereocenters. The molecule has 0 radical (unpaired) electrons. The number of imide groups is 2. The number of nitrogens with zero attached hydrogens (tertiary/aromatic N) is 2. The highest BCUT2D eigenvalue weighted by atomic mass is 16.3. The normalized spacial score (nSPS) is 15.3. The summed E-state index contributed by atoms with van der Waals surface area (Å²) in [5.74, 6) is -0.503. The van der Waals surface area contributed by atoms with Crippen molar-refractivity contribution in [2.75, 3.05) is 14.1 Å². The highest BCUT2D eigenvalue weighted by molar-refractivity contribution is 6.28. The third kappa shape index (κ3) is 2.84. The van der Waals surface area contributed by atoms with Crippen molar-refractivity contribution in [1.29, 1.82) is 0 Å². The van der Waals surface area contributed by atoms with Gasteiger partial charge in [0.05, 0.1) is 0 Å². The van der Waals surface area contributed by atoms with Crippen molar-refractivity contribution in [3.8, 4) is 11.3 Å². The van der Waals surface area contributed by atoms with Crippen LogP contribution in [0.3, 0.4) is 0 Å². The van der Waals surface area contributed by atoms with Crippen molar-refractivity contribution < 1.29 is 18.8 Å². The van der Waals surface area contributed by atoms with Gasteiger partial charge in [-0.1, -0.05) is 54.6 Å². The summed E-state index contributed by atoms with van der Waals surface area (Å²) < 4.78 is 6.23. The van der Waals surface area contributed by atoms with Gasteiger partial charge in [0.25, 0.3) is 11.8 Å². The van der Waals surface area contributed by atoms with Crippen molar-refractivity contribution >= 4 is 45.7 Å². The molecule has 1 fully saturated rings. The Morgan fingerprint density at radius 2 is 1.48 bits per heavy atom. The third-order valence-corrected chi connectivity index (χ3v) is 5.60. The number of likely N-dealkylation sites (N-methyl/N-ethyl adjacent to an activating group) is 2. The van der Waals surface area contributed by atoms with Gasteiger partial charge in [-0.25, -0.2) is 4.79 Å². The zero-order chi connectivity index (χ0) is 21.7. The first-order valence-electron chi connectivity index (χ1n) is 9.79. The molecule has 31 heavy (non-hydrogen) atoms. The molecule has 0 N–H and O–H groups in total. The first-order valence-corrected chi connectivity index (χ1v) is 9.79. The molecule has 2 aromatic carbocycles. The standard InChI is InChI=1S/C25H18N2O4/c1-26-23(28)19(24(29)27(2)25(26)30)12-7-11-18-16-9-4-5-10-17(16)20-14-15-8-3-6-13-21(15)31-22(18)20/h3-14H,1-2H3/b11-7+. The van der Waals surface area contributed by atoms with Gasteiger partial charge in [0.2, 0.25) is 0 Å². The van der Waals surface area contributed by atoms with E-state index in [9.17, 15) is 14.4 Å². The number of barbiturate groups is 1. The van der Waals surface area contributed by atoms with Crippen LogP contribution in [0.4, 0.5) is 4.79 Å². The van der Waals surface area contributed by atoms with Gasteiger partial charge in [0.1, 0.15) is 16.9 Å². The largest absolute Gasteiger partial charge is 0.455 e.